The van der Waals surface area contributed by atoms with Crippen molar-refractivity contribution in [2.24, 2.45) is 0 Å². The van der Waals surface area contributed by atoms with Gasteiger partial charge in [-0.3, -0.25) is 14.5 Å². The monoisotopic (exact) mass is 296 g/mol. The van der Waals surface area contributed by atoms with Crippen molar-refractivity contribution in [2.75, 3.05) is 30.7 Å². The lowest BCUT2D eigenvalue weighted by atomic mass is 10.2. The summed E-state index contributed by atoms with van der Waals surface area (Å²) in [6.45, 7) is 3.11. The van der Waals surface area contributed by atoms with Crippen molar-refractivity contribution in [1.82, 2.24) is 10.2 Å². The van der Waals surface area contributed by atoms with Gasteiger partial charge in [-0.15, -0.1) is 0 Å². The van der Waals surface area contributed by atoms with Crippen molar-refractivity contribution in [3.63, 3.8) is 0 Å². The minimum absolute atomic E-state index is 0.0636. The molecule has 1 aromatic rings. The van der Waals surface area contributed by atoms with Crippen LogP contribution in [0.15, 0.2) is 18.2 Å². The Morgan fingerprint density at radius 3 is 3.10 bits per heavy atom. The molecule has 4 N–H and O–H groups in total. The fraction of sp³-hybridized carbons (Fsp3) is 0.385. The standard InChI is InChI=1S/C13H17ClN4O2/c1-8-13(20)16-4-5-18(8)7-12(19)17-11-6-9(14)2-3-10(11)15/h2-3,6,8H,4-5,7,15H2,1H3,(H,16,20)(H,17,19). The van der Waals surface area contributed by atoms with Gasteiger partial charge in [0.05, 0.1) is 24.0 Å². The van der Waals surface area contributed by atoms with Gasteiger partial charge in [0.1, 0.15) is 0 Å². The summed E-state index contributed by atoms with van der Waals surface area (Å²) >= 11 is 5.86. The highest BCUT2D eigenvalue weighted by molar-refractivity contribution is 6.31. The van der Waals surface area contributed by atoms with Gasteiger partial charge in [-0.2, -0.15) is 0 Å². The van der Waals surface area contributed by atoms with Gasteiger partial charge < -0.3 is 16.4 Å². The van der Waals surface area contributed by atoms with Crippen LogP contribution in [-0.4, -0.2) is 42.4 Å². The summed E-state index contributed by atoms with van der Waals surface area (Å²) in [5, 5.41) is 5.96. The Morgan fingerprint density at radius 1 is 1.60 bits per heavy atom. The van der Waals surface area contributed by atoms with Gasteiger partial charge in [0, 0.05) is 18.1 Å². The normalized spacial score (nSPS) is 19.5. The molecule has 0 spiro atoms. The second-order valence-electron chi connectivity index (χ2n) is 4.72. The maximum atomic E-state index is 12.0. The van der Waals surface area contributed by atoms with Crippen molar-refractivity contribution in [3.8, 4) is 0 Å². The Morgan fingerprint density at radius 2 is 2.35 bits per heavy atom. The molecule has 1 unspecified atom stereocenters. The van der Waals surface area contributed by atoms with E-state index in [9.17, 15) is 9.59 Å². The van der Waals surface area contributed by atoms with Crippen LogP contribution in [-0.2, 0) is 9.59 Å². The first-order valence-corrected chi connectivity index (χ1v) is 6.72. The minimum atomic E-state index is -0.314. The van der Waals surface area contributed by atoms with Crippen molar-refractivity contribution < 1.29 is 9.59 Å². The van der Waals surface area contributed by atoms with E-state index in [1.807, 2.05) is 4.90 Å². The molecule has 1 saturated heterocycles. The average Bonchev–Trinajstić information content (AvgIpc) is 2.39. The Balaban J connectivity index is 1.98. The first kappa shape index (κ1) is 14.6. The van der Waals surface area contributed by atoms with Gasteiger partial charge in [-0.05, 0) is 25.1 Å². The quantitative estimate of drug-likeness (QED) is 0.716. The highest BCUT2D eigenvalue weighted by Crippen LogP contribution is 2.22. The topological polar surface area (TPSA) is 87.5 Å². The number of halogens is 1. The van der Waals surface area contributed by atoms with E-state index in [4.69, 9.17) is 17.3 Å². The van der Waals surface area contributed by atoms with Crippen molar-refractivity contribution >= 4 is 34.8 Å². The van der Waals surface area contributed by atoms with Gasteiger partial charge >= 0.3 is 0 Å². The van der Waals surface area contributed by atoms with Crippen LogP contribution in [0, 0.1) is 0 Å². The minimum Gasteiger partial charge on any atom is -0.397 e. The maximum absolute atomic E-state index is 12.0. The van der Waals surface area contributed by atoms with Crippen molar-refractivity contribution in [2.45, 2.75) is 13.0 Å². The molecule has 6 nitrogen and oxygen atoms in total. The molecule has 1 aliphatic heterocycles. The average molecular weight is 297 g/mol. The molecule has 1 aromatic carbocycles. The highest BCUT2D eigenvalue weighted by atomic mass is 35.5. The molecule has 0 bridgehead atoms. The Bertz CT molecular complexity index is 535. The number of carbonyl (C=O) groups excluding carboxylic acids is 2. The van der Waals surface area contributed by atoms with Crippen molar-refractivity contribution in [1.29, 1.82) is 0 Å². The van der Waals surface area contributed by atoms with E-state index in [1.165, 1.54) is 0 Å². The fourth-order valence-corrected chi connectivity index (χ4v) is 2.23. The predicted octanol–water partition coefficient (Wildman–Crippen LogP) is 0.681. The molecule has 0 aromatic heterocycles. The van der Waals surface area contributed by atoms with Gasteiger partial charge in [-0.25, -0.2) is 0 Å². The zero-order chi connectivity index (χ0) is 14.7. The summed E-state index contributed by atoms with van der Waals surface area (Å²) in [6.07, 6.45) is 0. The number of nitrogens with zero attached hydrogens (tertiary/aromatic N) is 1. The third kappa shape index (κ3) is 3.40. The maximum Gasteiger partial charge on any atom is 0.238 e. The van der Waals surface area contributed by atoms with E-state index in [-0.39, 0.29) is 24.4 Å². The summed E-state index contributed by atoms with van der Waals surface area (Å²) in [7, 11) is 0. The number of piperazine rings is 1. The molecule has 7 heteroatoms. The zero-order valence-electron chi connectivity index (χ0n) is 11.1. The molecule has 1 heterocycles. The van der Waals surface area contributed by atoms with Crippen LogP contribution in [0.3, 0.4) is 0 Å². The van der Waals surface area contributed by atoms with E-state index in [0.29, 0.717) is 29.5 Å². The largest absolute Gasteiger partial charge is 0.397 e. The van der Waals surface area contributed by atoms with Crippen LogP contribution < -0.4 is 16.4 Å². The van der Waals surface area contributed by atoms with Crippen LogP contribution in [0.4, 0.5) is 11.4 Å². The molecular weight excluding hydrogens is 280 g/mol. The zero-order valence-corrected chi connectivity index (χ0v) is 11.9. The number of anilines is 2. The van der Waals surface area contributed by atoms with Gasteiger partial charge in [-0.1, -0.05) is 11.6 Å². The lowest BCUT2D eigenvalue weighted by Crippen LogP contribution is -2.55. The van der Waals surface area contributed by atoms with Crippen LogP contribution in [0.2, 0.25) is 5.02 Å². The molecule has 20 heavy (non-hydrogen) atoms. The smallest absolute Gasteiger partial charge is 0.238 e. The number of hydrogen-bond acceptors (Lipinski definition) is 4. The second-order valence-corrected chi connectivity index (χ2v) is 5.15. The first-order chi connectivity index (χ1) is 9.47. The number of nitrogen functional groups attached to an aromatic ring is 1. The summed E-state index contributed by atoms with van der Waals surface area (Å²) < 4.78 is 0. The van der Waals surface area contributed by atoms with Crippen LogP contribution in [0.25, 0.3) is 0 Å². The molecule has 108 valence electrons. The molecule has 0 aliphatic carbocycles. The Labute approximate surface area is 122 Å². The molecule has 1 fully saturated rings. The molecular formula is C13H17ClN4O2. The number of nitrogens with one attached hydrogen (secondary N) is 2. The molecule has 1 aliphatic rings. The molecule has 2 amide bonds. The van der Waals surface area contributed by atoms with E-state index < -0.39 is 0 Å². The van der Waals surface area contributed by atoms with Crippen LogP contribution >= 0.6 is 11.6 Å². The third-order valence-corrected chi connectivity index (χ3v) is 3.50. The SMILES string of the molecule is CC1C(=O)NCCN1CC(=O)Nc1cc(Cl)ccc1N. The fourth-order valence-electron chi connectivity index (χ4n) is 2.06. The number of benzene rings is 1. The van der Waals surface area contributed by atoms with Gasteiger partial charge in [0.15, 0.2) is 0 Å². The number of rotatable bonds is 3. The Hall–Kier alpha value is -1.79. The molecule has 0 radical (unpaired) electrons. The van der Waals surface area contributed by atoms with Crippen LogP contribution in [0.5, 0.6) is 0 Å². The van der Waals surface area contributed by atoms with E-state index in [0.717, 1.165) is 0 Å². The lowest BCUT2D eigenvalue weighted by Gasteiger charge is -2.32. The Kier molecular flexibility index (Phi) is 4.46. The van der Waals surface area contributed by atoms with Crippen LogP contribution in [0.1, 0.15) is 6.92 Å². The third-order valence-electron chi connectivity index (χ3n) is 3.26. The molecule has 2 rings (SSSR count). The number of carbonyl (C=O) groups is 2. The second kappa shape index (κ2) is 6.11. The molecule has 0 saturated carbocycles. The van der Waals surface area contributed by atoms with Gasteiger partial charge in [0.2, 0.25) is 11.8 Å². The van der Waals surface area contributed by atoms with E-state index >= 15 is 0 Å². The predicted molar refractivity (Wildman–Crippen MR) is 78.5 cm³/mol. The summed E-state index contributed by atoms with van der Waals surface area (Å²) in [4.78, 5) is 25.3. The van der Waals surface area contributed by atoms with Gasteiger partial charge in [0.25, 0.3) is 0 Å². The summed E-state index contributed by atoms with van der Waals surface area (Å²) in [5.74, 6) is -0.285. The summed E-state index contributed by atoms with van der Waals surface area (Å²) in [6, 6.07) is 4.57. The number of amides is 2. The lowest BCUT2D eigenvalue weighted by molar-refractivity contribution is -0.129. The van der Waals surface area contributed by atoms with E-state index in [1.54, 1.807) is 25.1 Å². The number of nitrogens with two attached hydrogens (primary N) is 1. The first-order valence-electron chi connectivity index (χ1n) is 6.34. The summed E-state index contributed by atoms with van der Waals surface area (Å²) in [5.41, 5.74) is 6.70. The highest BCUT2D eigenvalue weighted by Gasteiger charge is 2.26. The van der Waals surface area contributed by atoms with E-state index in [2.05, 4.69) is 10.6 Å². The number of hydrogen-bond donors (Lipinski definition) is 3. The van der Waals surface area contributed by atoms with Crippen molar-refractivity contribution in [3.05, 3.63) is 23.2 Å². The molecule has 1 atom stereocenters.